The summed E-state index contributed by atoms with van der Waals surface area (Å²) in [5, 5.41) is 11.0. The fourth-order valence-electron chi connectivity index (χ4n) is 1.31. The van der Waals surface area contributed by atoms with Crippen molar-refractivity contribution in [2.45, 2.75) is 19.5 Å². The maximum Gasteiger partial charge on any atom is 0.166 e. The summed E-state index contributed by atoms with van der Waals surface area (Å²) >= 11 is 5.15. The Morgan fingerprint density at radius 2 is 2.44 bits per heavy atom. The smallest absolute Gasteiger partial charge is 0.166 e. The molecule has 0 spiro atoms. The first-order valence-electron chi connectivity index (χ1n) is 5.13. The van der Waals surface area contributed by atoms with Gasteiger partial charge < -0.3 is 15.4 Å². The van der Waals surface area contributed by atoms with Crippen molar-refractivity contribution in [2.24, 2.45) is 7.05 Å². The molecule has 1 rings (SSSR count). The van der Waals surface area contributed by atoms with E-state index in [1.165, 1.54) is 0 Å². The van der Waals surface area contributed by atoms with Crippen LogP contribution in [0.25, 0.3) is 0 Å². The van der Waals surface area contributed by atoms with E-state index in [0.29, 0.717) is 18.3 Å². The second-order valence-corrected chi connectivity index (χ2v) is 4.04. The van der Waals surface area contributed by atoms with Crippen molar-refractivity contribution >= 4 is 17.3 Å². The van der Waals surface area contributed by atoms with Crippen LogP contribution in [-0.2, 0) is 18.3 Å². The highest BCUT2D eigenvalue weighted by atomic mass is 32.1. The molecule has 1 aromatic rings. The number of ether oxygens (including phenoxy) is 1. The van der Waals surface area contributed by atoms with Gasteiger partial charge in [0.2, 0.25) is 0 Å². The number of thiocarbonyl (C=S) groups is 1. The lowest BCUT2D eigenvalue weighted by Crippen LogP contribution is -2.42. The average Bonchev–Trinajstić information content (AvgIpc) is 2.61. The summed E-state index contributed by atoms with van der Waals surface area (Å²) in [5.41, 5.74) is 1.09. The summed E-state index contributed by atoms with van der Waals surface area (Å²) in [7, 11) is 3.57. The van der Waals surface area contributed by atoms with Crippen molar-refractivity contribution in [1.82, 2.24) is 20.4 Å². The maximum atomic E-state index is 5.15. The summed E-state index contributed by atoms with van der Waals surface area (Å²) in [6.07, 6.45) is 1.76. The monoisotopic (exact) mass is 242 g/mol. The minimum atomic E-state index is 0.205. The van der Waals surface area contributed by atoms with Crippen LogP contribution in [0.2, 0.25) is 0 Å². The van der Waals surface area contributed by atoms with Gasteiger partial charge in [0.1, 0.15) is 0 Å². The zero-order valence-electron chi connectivity index (χ0n) is 9.86. The number of hydrogen-bond acceptors (Lipinski definition) is 3. The Kier molecular flexibility index (Phi) is 5.21. The summed E-state index contributed by atoms with van der Waals surface area (Å²) < 4.78 is 6.82. The quantitative estimate of drug-likeness (QED) is 0.733. The summed E-state index contributed by atoms with van der Waals surface area (Å²) in [6, 6.07) is 2.16. The largest absolute Gasteiger partial charge is 0.383 e. The number of nitrogens with zero attached hydrogens (tertiary/aromatic N) is 2. The van der Waals surface area contributed by atoms with Crippen molar-refractivity contribution in [3.63, 3.8) is 0 Å². The standard InChI is InChI=1S/C10H18N4OS/c1-8(7-15-3)13-10(16)11-6-9-4-5-12-14(9)2/h4-5,8H,6-7H2,1-3H3,(H2,11,13,16). The molecule has 90 valence electrons. The number of nitrogens with one attached hydrogen (secondary N) is 2. The van der Waals surface area contributed by atoms with Crippen LogP contribution in [0.4, 0.5) is 0 Å². The zero-order chi connectivity index (χ0) is 12.0. The van der Waals surface area contributed by atoms with Gasteiger partial charge in [0.25, 0.3) is 0 Å². The fraction of sp³-hybridized carbons (Fsp3) is 0.600. The molecule has 1 aromatic heterocycles. The first-order valence-corrected chi connectivity index (χ1v) is 5.54. The van der Waals surface area contributed by atoms with Crippen molar-refractivity contribution in [3.8, 4) is 0 Å². The van der Waals surface area contributed by atoms with E-state index in [1.54, 1.807) is 13.3 Å². The van der Waals surface area contributed by atoms with E-state index in [9.17, 15) is 0 Å². The topological polar surface area (TPSA) is 51.1 Å². The van der Waals surface area contributed by atoms with Crippen molar-refractivity contribution in [2.75, 3.05) is 13.7 Å². The van der Waals surface area contributed by atoms with Crippen LogP contribution in [0.5, 0.6) is 0 Å². The van der Waals surface area contributed by atoms with Gasteiger partial charge in [0.15, 0.2) is 5.11 Å². The van der Waals surface area contributed by atoms with Gasteiger partial charge in [-0.1, -0.05) is 0 Å². The number of methoxy groups -OCH3 is 1. The van der Waals surface area contributed by atoms with E-state index in [0.717, 1.165) is 5.69 Å². The molecule has 0 aliphatic heterocycles. The highest BCUT2D eigenvalue weighted by Crippen LogP contribution is 1.94. The fourth-order valence-corrected chi connectivity index (χ4v) is 1.59. The maximum absolute atomic E-state index is 5.15. The van der Waals surface area contributed by atoms with E-state index >= 15 is 0 Å². The SMILES string of the molecule is COCC(C)NC(=S)NCc1ccnn1C. The third-order valence-electron chi connectivity index (χ3n) is 2.15. The Labute approximate surface area is 101 Å². The summed E-state index contributed by atoms with van der Waals surface area (Å²) in [4.78, 5) is 0. The molecule has 2 N–H and O–H groups in total. The second kappa shape index (κ2) is 6.44. The van der Waals surface area contributed by atoms with Crippen molar-refractivity contribution in [1.29, 1.82) is 0 Å². The van der Waals surface area contributed by atoms with E-state index in [4.69, 9.17) is 17.0 Å². The highest BCUT2D eigenvalue weighted by Gasteiger charge is 2.04. The Balaban J connectivity index is 2.28. The molecule has 0 aliphatic rings. The Bertz CT molecular complexity index is 339. The first-order chi connectivity index (χ1) is 7.63. The minimum absolute atomic E-state index is 0.205. The molecule has 0 radical (unpaired) electrons. The molecular weight excluding hydrogens is 224 g/mol. The molecule has 0 fully saturated rings. The molecule has 6 heteroatoms. The Morgan fingerprint density at radius 1 is 1.69 bits per heavy atom. The van der Waals surface area contributed by atoms with Crippen LogP contribution in [0.1, 0.15) is 12.6 Å². The van der Waals surface area contributed by atoms with Gasteiger partial charge in [-0.15, -0.1) is 0 Å². The van der Waals surface area contributed by atoms with Gasteiger partial charge in [0.05, 0.1) is 18.8 Å². The van der Waals surface area contributed by atoms with Crippen LogP contribution in [0.3, 0.4) is 0 Å². The van der Waals surface area contributed by atoms with Gasteiger partial charge in [-0.3, -0.25) is 4.68 Å². The third-order valence-corrected chi connectivity index (χ3v) is 2.41. The molecular formula is C10H18N4OS. The zero-order valence-corrected chi connectivity index (χ0v) is 10.7. The summed E-state index contributed by atoms with van der Waals surface area (Å²) in [6.45, 7) is 3.32. The van der Waals surface area contributed by atoms with Gasteiger partial charge in [0, 0.05) is 26.4 Å². The molecule has 0 amide bonds. The molecule has 1 heterocycles. The van der Waals surface area contributed by atoms with E-state index in [1.807, 2.05) is 24.7 Å². The van der Waals surface area contributed by atoms with Gasteiger partial charge >= 0.3 is 0 Å². The molecule has 0 saturated carbocycles. The minimum Gasteiger partial charge on any atom is -0.383 e. The van der Waals surface area contributed by atoms with E-state index in [2.05, 4.69) is 15.7 Å². The Morgan fingerprint density at radius 3 is 3.00 bits per heavy atom. The van der Waals surface area contributed by atoms with Crippen LogP contribution < -0.4 is 10.6 Å². The van der Waals surface area contributed by atoms with Crippen LogP contribution in [0.15, 0.2) is 12.3 Å². The third kappa shape index (κ3) is 4.16. The van der Waals surface area contributed by atoms with Gasteiger partial charge in [-0.05, 0) is 25.2 Å². The van der Waals surface area contributed by atoms with Crippen molar-refractivity contribution in [3.05, 3.63) is 18.0 Å². The van der Waals surface area contributed by atoms with Crippen LogP contribution >= 0.6 is 12.2 Å². The number of aryl methyl sites for hydroxylation is 1. The van der Waals surface area contributed by atoms with Crippen molar-refractivity contribution < 1.29 is 4.74 Å². The number of rotatable bonds is 5. The summed E-state index contributed by atoms with van der Waals surface area (Å²) in [5.74, 6) is 0. The molecule has 1 atom stereocenters. The van der Waals surface area contributed by atoms with Gasteiger partial charge in [-0.25, -0.2) is 0 Å². The predicted molar refractivity (Wildman–Crippen MR) is 67.1 cm³/mol. The lowest BCUT2D eigenvalue weighted by Gasteiger charge is -2.16. The molecule has 5 nitrogen and oxygen atoms in total. The van der Waals surface area contributed by atoms with E-state index < -0.39 is 0 Å². The number of aromatic nitrogens is 2. The molecule has 1 unspecified atom stereocenters. The molecule has 0 saturated heterocycles. The molecule has 0 aromatic carbocycles. The average molecular weight is 242 g/mol. The molecule has 0 bridgehead atoms. The van der Waals surface area contributed by atoms with E-state index in [-0.39, 0.29) is 6.04 Å². The lowest BCUT2D eigenvalue weighted by atomic mass is 10.4. The Hall–Kier alpha value is -1.14. The molecule has 0 aliphatic carbocycles. The normalized spacial score (nSPS) is 12.2. The lowest BCUT2D eigenvalue weighted by molar-refractivity contribution is 0.179. The van der Waals surface area contributed by atoms with Gasteiger partial charge in [-0.2, -0.15) is 5.10 Å². The molecule has 16 heavy (non-hydrogen) atoms. The predicted octanol–water partition coefficient (Wildman–Crippen LogP) is 0.419. The van der Waals surface area contributed by atoms with Crippen LogP contribution in [-0.4, -0.2) is 34.7 Å². The number of hydrogen-bond donors (Lipinski definition) is 2. The van der Waals surface area contributed by atoms with Crippen LogP contribution in [0, 0.1) is 0 Å². The highest BCUT2D eigenvalue weighted by molar-refractivity contribution is 7.80. The second-order valence-electron chi connectivity index (χ2n) is 3.63. The first kappa shape index (κ1) is 12.9.